The average Bonchev–Trinajstić information content (AvgIpc) is 2.30. The van der Waals surface area contributed by atoms with Crippen LogP contribution in [0.2, 0.25) is 0 Å². The molecule has 2 rings (SSSR count). The number of hydrogen-bond donors (Lipinski definition) is 1. The summed E-state index contributed by atoms with van der Waals surface area (Å²) in [6.07, 6.45) is 6.77. The van der Waals surface area contributed by atoms with E-state index in [1.165, 1.54) is 6.33 Å². The molecule has 0 fully saturated rings. The molecule has 14 heavy (non-hydrogen) atoms. The standard InChI is InChI=1S/C10H10N4/c1-11-9-2-3-10(14-6-9)8-4-12-7-13-5-8/h2-7,11H,1H3. The van der Waals surface area contributed by atoms with E-state index in [-0.39, 0.29) is 0 Å². The van der Waals surface area contributed by atoms with Gasteiger partial charge in [0.15, 0.2) is 0 Å². The molecule has 0 aliphatic carbocycles. The predicted octanol–water partition coefficient (Wildman–Crippen LogP) is 1.58. The van der Waals surface area contributed by atoms with Crippen LogP contribution in [0.25, 0.3) is 11.3 Å². The number of nitrogens with zero attached hydrogens (tertiary/aromatic N) is 3. The summed E-state index contributed by atoms with van der Waals surface area (Å²) in [6, 6.07) is 3.90. The molecule has 0 aliphatic rings. The van der Waals surface area contributed by atoms with Gasteiger partial charge >= 0.3 is 0 Å². The molecule has 4 heteroatoms. The van der Waals surface area contributed by atoms with E-state index in [0.29, 0.717) is 0 Å². The first-order valence-corrected chi connectivity index (χ1v) is 4.29. The van der Waals surface area contributed by atoms with Crippen LogP contribution < -0.4 is 5.32 Å². The lowest BCUT2D eigenvalue weighted by Crippen LogP contribution is -1.90. The van der Waals surface area contributed by atoms with Crippen LogP contribution in [0.4, 0.5) is 5.69 Å². The Kier molecular flexibility index (Phi) is 2.36. The Morgan fingerprint density at radius 2 is 1.86 bits per heavy atom. The van der Waals surface area contributed by atoms with Crippen LogP contribution in [-0.2, 0) is 0 Å². The van der Waals surface area contributed by atoms with E-state index >= 15 is 0 Å². The summed E-state index contributed by atoms with van der Waals surface area (Å²) in [6.45, 7) is 0. The molecular weight excluding hydrogens is 176 g/mol. The van der Waals surface area contributed by atoms with E-state index in [4.69, 9.17) is 0 Å². The molecule has 2 aromatic rings. The van der Waals surface area contributed by atoms with Crippen LogP contribution in [0.1, 0.15) is 0 Å². The average molecular weight is 186 g/mol. The topological polar surface area (TPSA) is 50.7 Å². The minimum atomic E-state index is 0.879. The second-order valence-corrected chi connectivity index (χ2v) is 2.81. The normalized spacial score (nSPS) is 9.79. The van der Waals surface area contributed by atoms with Crippen molar-refractivity contribution >= 4 is 5.69 Å². The fourth-order valence-electron chi connectivity index (χ4n) is 1.14. The maximum Gasteiger partial charge on any atom is 0.115 e. The fraction of sp³-hybridized carbons (Fsp3) is 0.100. The van der Waals surface area contributed by atoms with E-state index in [1.54, 1.807) is 18.6 Å². The van der Waals surface area contributed by atoms with Gasteiger partial charge in [-0.15, -0.1) is 0 Å². The minimum absolute atomic E-state index is 0.879. The van der Waals surface area contributed by atoms with Crippen LogP contribution in [0.5, 0.6) is 0 Å². The van der Waals surface area contributed by atoms with Crippen LogP contribution in [0.3, 0.4) is 0 Å². The van der Waals surface area contributed by atoms with Gasteiger partial charge < -0.3 is 5.32 Å². The van der Waals surface area contributed by atoms with Crippen LogP contribution in [0, 0.1) is 0 Å². The molecule has 0 saturated heterocycles. The summed E-state index contributed by atoms with van der Waals surface area (Å²) in [5, 5.41) is 3.01. The van der Waals surface area contributed by atoms with Gasteiger partial charge in [0, 0.05) is 25.0 Å². The number of hydrogen-bond acceptors (Lipinski definition) is 4. The Morgan fingerprint density at radius 3 is 2.43 bits per heavy atom. The Bertz CT molecular complexity index is 396. The van der Waals surface area contributed by atoms with Gasteiger partial charge in [0.2, 0.25) is 0 Å². The molecule has 0 amide bonds. The molecule has 2 heterocycles. The third-order valence-corrected chi connectivity index (χ3v) is 1.91. The van der Waals surface area contributed by atoms with E-state index in [0.717, 1.165) is 16.9 Å². The maximum atomic E-state index is 4.28. The molecule has 4 nitrogen and oxygen atoms in total. The first kappa shape index (κ1) is 8.62. The van der Waals surface area contributed by atoms with E-state index < -0.39 is 0 Å². The SMILES string of the molecule is CNc1ccc(-c2cncnc2)nc1. The van der Waals surface area contributed by atoms with Gasteiger partial charge in [-0.25, -0.2) is 9.97 Å². The molecule has 0 aromatic carbocycles. The van der Waals surface area contributed by atoms with Crippen LogP contribution >= 0.6 is 0 Å². The molecule has 0 unspecified atom stereocenters. The van der Waals surface area contributed by atoms with Gasteiger partial charge in [-0.2, -0.15) is 0 Å². The Balaban J connectivity index is 2.34. The predicted molar refractivity (Wildman–Crippen MR) is 54.8 cm³/mol. The molecule has 0 radical (unpaired) electrons. The second-order valence-electron chi connectivity index (χ2n) is 2.81. The lowest BCUT2D eigenvalue weighted by molar-refractivity contribution is 1.16. The van der Waals surface area contributed by atoms with E-state index in [1.807, 2.05) is 19.2 Å². The van der Waals surface area contributed by atoms with Gasteiger partial charge in [-0.1, -0.05) is 0 Å². The number of pyridine rings is 1. The van der Waals surface area contributed by atoms with Gasteiger partial charge in [0.25, 0.3) is 0 Å². The lowest BCUT2D eigenvalue weighted by atomic mass is 10.2. The summed E-state index contributed by atoms with van der Waals surface area (Å²) < 4.78 is 0. The Labute approximate surface area is 82.1 Å². The third kappa shape index (κ3) is 1.69. The molecule has 2 aromatic heterocycles. The highest BCUT2D eigenvalue weighted by Gasteiger charge is 1.98. The smallest absolute Gasteiger partial charge is 0.115 e. The van der Waals surface area contributed by atoms with Crippen molar-refractivity contribution in [1.29, 1.82) is 0 Å². The molecule has 0 aliphatic heterocycles. The van der Waals surface area contributed by atoms with Gasteiger partial charge in [0.05, 0.1) is 17.6 Å². The molecule has 0 spiro atoms. The summed E-state index contributed by atoms with van der Waals surface area (Å²) in [7, 11) is 1.86. The number of nitrogens with one attached hydrogen (secondary N) is 1. The molecule has 70 valence electrons. The van der Waals surface area contributed by atoms with Crippen molar-refractivity contribution in [3.63, 3.8) is 0 Å². The fourth-order valence-corrected chi connectivity index (χ4v) is 1.14. The van der Waals surface area contributed by atoms with Crippen LogP contribution in [-0.4, -0.2) is 22.0 Å². The minimum Gasteiger partial charge on any atom is -0.387 e. The lowest BCUT2D eigenvalue weighted by Gasteiger charge is -2.01. The first-order chi connectivity index (χ1) is 6.90. The number of rotatable bonds is 2. The molecule has 0 bridgehead atoms. The van der Waals surface area contributed by atoms with Crippen molar-refractivity contribution in [3.8, 4) is 11.3 Å². The highest BCUT2D eigenvalue weighted by atomic mass is 14.9. The Hall–Kier alpha value is -1.97. The summed E-state index contributed by atoms with van der Waals surface area (Å²) >= 11 is 0. The zero-order valence-electron chi connectivity index (χ0n) is 7.81. The summed E-state index contributed by atoms with van der Waals surface area (Å²) in [5.41, 5.74) is 2.80. The van der Waals surface area contributed by atoms with Crippen molar-refractivity contribution in [2.75, 3.05) is 12.4 Å². The number of anilines is 1. The quantitative estimate of drug-likeness (QED) is 0.773. The molecule has 0 atom stereocenters. The van der Waals surface area contributed by atoms with Gasteiger partial charge in [-0.3, -0.25) is 4.98 Å². The van der Waals surface area contributed by atoms with Crippen molar-refractivity contribution in [2.45, 2.75) is 0 Å². The van der Waals surface area contributed by atoms with Crippen molar-refractivity contribution in [3.05, 3.63) is 37.1 Å². The van der Waals surface area contributed by atoms with Crippen LogP contribution in [0.15, 0.2) is 37.1 Å². The summed E-state index contributed by atoms with van der Waals surface area (Å²) in [5.74, 6) is 0. The van der Waals surface area contributed by atoms with E-state index in [2.05, 4.69) is 20.3 Å². The van der Waals surface area contributed by atoms with Gasteiger partial charge in [-0.05, 0) is 12.1 Å². The third-order valence-electron chi connectivity index (χ3n) is 1.91. The second kappa shape index (κ2) is 3.83. The largest absolute Gasteiger partial charge is 0.387 e. The van der Waals surface area contributed by atoms with Crippen molar-refractivity contribution in [1.82, 2.24) is 15.0 Å². The van der Waals surface area contributed by atoms with Crippen molar-refractivity contribution < 1.29 is 0 Å². The number of aromatic nitrogens is 3. The molecular formula is C10H10N4. The highest BCUT2D eigenvalue weighted by Crippen LogP contribution is 2.15. The molecule has 1 N–H and O–H groups in total. The first-order valence-electron chi connectivity index (χ1n) is 4.29. The summed E-state index contributed by atoms with van der Waals surface area (Å²) in [4.78, 5) is 12.2. The Morgan fingerprint density at radius 1 is 1.07 bits per heavy atom. The van der Waals surface area contributed by atoms with Crippen molar-refractivity contribution in [2.24, 2.45) is 0 Å². The zero-order chi connectivity index (χ0) is 9.80. The maximum absolute atomic E-state index is 4.28. The molecule has 0 saturated carbocycles. The highest BCUT2D eigenvalue weighted by molar-refractivity contribution is 5.58. The monoisotopic (exact) mass is 186 g/mol. The van der Waals surface area contributed by atoms with E-state index in [9.17, 15) is 0 Å². The zero-order valence-corrected chi connectivity index (χ0v) is 7.81. The van der Waals surface area contributed by atoms with Gasteiger partial charge in [0.1, 0.15) is 6.33 Å².